The van der Waals surface area contributed by atoms with Crippen molar-refractivity contribution < 1.29 is 23.1 Å². The van der Waals surface area contributed by atoms with Crippen LogP contribution in [0.25, 0.3) is 127 Å². The summed E-state index contributed by atoms with van der Waals surface area (Å²) in [6.07, 6.45) is 25.9. The topological polar surface area (TPSA) is 192 Å². The molecule has 100 heavy (non-hydrogen) atoms. The summed E-state index contributed by atoms with van der Waals surface area (Å²) in [7, 11) is -1.10. The number of pyridine rings is 6. The van der Waals surface area contributed by atoms with Gasteiger partial charge >= 0.3 is 0 Å². The highest BCUT2D eigenvalue weighted by Gasteiger charge is 2.18. The number of furan rings is 3. The van der Waals surface area contributed by atoms with Gasteiger partial charge in [0, 0.05) is 191 Å². The minimum atomic E-state index is -1.10. The predicted molar refractivity (Wildman–Crippen MR) is 406 cm³/mol. The molecular weight excluding hydrogens is 1260 g/mol. The van der Waals surface area contributed by atoms with Gasteiger partial charge in [-0.3, -0.25) is 19.9 Å². The summed E-state index contributed by atoms with van der Waals surface area (Å²) in [6, 6.07) is 61.1. The molecule has 11 heterocycles. The van der Waals surface area contributed by atoms with Gasteiger partial charge in [0.05, 0.1) is 5.69 Å². The number of aromatic nitrogens is 8. The van der Waals surface area contributed by atoms with E-state index >= 15 is 0 Å². The van der Waals surface area contributed by atoms with Crippen molar-refractivity contribution in [1.82, 2.24) is 39.0 Å². The summed E-state index contributed by atoms with van der Waals surface area (Å²) in [5.41, 5.74) is 16.4. The SMILES string of the molecule is C1=Cc2c(NCc3ccc4cncc(-c5cc6ccccc6o5)c4c3)ccnc2C1.C[Si](C)(C)CCOCn1ccc2c(NCc3ccc4cncc(-c5cc6ccccc6o5)c4c3)ccnc21.OCn1ccc2c(NCc3ccc4cncc(-c5cc6ccccc6o5)c4c3)ccnc21. The molecule has 0 fully saturated rings. The van der Waals surface area contributed by atoms with Gasteiger partial charge in [-0.05, 0) is 124 Å². The predicted octanol–water partition coefficient (Wildman–Crippen LogP) is 19.7. The van der Waals surface area contributed by atoms with E-state index < -0.39 is 8.07 Å². The summed E-state index contributed by atoms with van der Waals surface area (Å²) < 4.78 is 28.1. The number of hydrogen-bond acceptors (Lipinski definition) is 14. The summed E-state index contributed by atoms with van der Waals surface area (Å²) in [4.78, 5) is 26.8. The first-order valence-electron chi connectivity index (χ1n) is 33.6. The van der Waals surface area contributed by atoms with E-state index in [4.69, 9.17) is 18.0 Å². The van der Waals surface area contributed by atoms with Crippen LogP contribution in [0, 0.1) is 0 Å². The maximum Gasteiger partial charge on any atom is 0.143 e. The van der Waals surface area contributed by atoms with Gasteiger partial charge < -0.3 is 48.2 Å². The molecule has 1 aliphatic carbocycles. The van der Waals surface area contributed by atoms with E-state index in [1.165, 1.54) is 16.7 Å². The van der Waals surface area contributed by atoms with Crippen molar-refractivity contribution in [1.29, 1.82) is 0 Å². The van der Waals surface area contributed by atoms with Gasteiger partial charge in [-0.15, -0.1) is 0 Å². The Kier molecular flexibility index (Phi) is 17.2. The lowest BCUT2D eigenvalue weighted by Gasteiger charge is -2.15. The summed E-state index contributed by atoms with van der Waals surface area (Å²) in [6.45, 7) is 10.4. The number of anilines is 3. The second kappa shape index (κ2) is 27.5. The summed E-state index contributed by atoms with van der Waals surface area (Å²) >= 11 is 0. The lowest BCUT2D eigenvalue weighted by molar-refractivity contribution is 0.0899. The van der Waals surface area contributed by atoms with Crippen LogP contribution in [0.1, 0.15) is 27.9 Å². The summed E-state index contributed by atoms with van der Waals surface area (Å²) in [5, 5.41) is 32.2. The zero-order valence-corrected chi connectivity index (χ0v) is 56.6. The molecule has 0 saturated carbocycles. The first-order valence-corrected chi connectivity index (χ1v) is 37.3. The molecule has 0 unspecified atom stereocenters. The normalized spacial score (nSPS) is 12.0. The number of ether oxygens (including phenoxy) is 1. The minimum Gasteiger partial charge on any atom is -0.456 e. The molecule has 0 spiro atoms. The maximum absolute atomic E-state index is 9.48. The van der Waals surface area contributed by atoms with E-state index in [2.05, 4.69) is 185 Å². The third-order valence-corrected chi connectivity index (χ3v) is 20.1. The zero-order chi connectivity index (χ0) is 67.5. The van der Waals surface area contributed by atoms with Gasteiger partial charge in [0.2, 0.25) is 0 Å². The average Bonchev–Trinajstić information content (AvgIpc) is 1.40. The van der Waals surface area contributed by atoms with Crippen LogP contribution >= 0.6 is 0 Å². The molecule has 0 saturated heterocycles. The highest BCUT2D eigenvalue weighted by Crippen LogP contribution is 2.38. The number of nitrogens with one attached hydrogen (secondary N) is 3. The van der Waals surface area contributed by atoms with Crippen LogP contribution in [0.2, 0.25) is 25.7 Å². The van der Waals surface area contributed by atoms with Gasteiger partial charge in [-0.25, -0.2) is 9.97 Å². The van der Waals surface area contributed by atoms with Crippen molar-refractivity contribution in [3.05, 3.63) is 278 Å². The van der Waals surface area contributed by atoms with E-state index in [-0.39, 0.29) is 6.73 Å². The van der Waals surface area contributed by atoms with Crippen LogP contribution in [0.4, 0.5) is 17.1 Å². The Morgan fingerprint density at radius 3 is 1.34 bits per heavy atom. The zero-order valence-electron chi connectivity index (χ0n) is 55.6. The first-order chi connectivity index (χ1) is 49.1. The van der Waals surface area contributed by atoms with Gasteiger partial charge in [0.15, 0.2) is 0 Å². The number of nitrogens with zero attached hydrogens (tertiary/aromatic N) is 8. The Labute approximate surface area is 577 Å². The van der Waals surface area contributed by atoms with Crippen molar-refractivity contribution in [3.63, 3.8) is 0 Å². The molecule has 6 aromatic carbocycles. The molecule has 0 bridgehead atoms. The fraction of sp³-hybridized carbons (Fsp3) is 0.133. The molecule has 17 heteroatoms. The molecule has 16 nitrogen and oxygen atoms in total. The van der Waals surface area contributed by atoms with E-state index in [9.17, 15) is 5.11 Å². The Bertz CT molecular complexity index is 5780. The Morgan fingerprint density at radius 2 is 0.880 bits per heavy atom. The van der Waals surface area contributed by atoms with Crippen LogP contribution in [0.5, 0.6) is 0 Å². The molecule has 1 aliphatic rings. The van der Waals surface area contributed by atoms with Crippen molar-refractivity contribution in [2.75, 3.05) is 22.6 Å². The summed E-state index contributed by atoms with van der Waals surface area (Å²) in [5.74, 6) is 2.49. The number of allylic oxidation sites excluding steroid dienone is 1. The van der Waals surface area contributed by atoms with E-state index in [0.717, 1.165) is 175 Å². The molecule has 492 valence electrons. The molecule has 0 atom stereocenters. The lowest BCUT2D eigenvalue weighted by atomic mass is 10.0. The van der Waals surface area contributed by atoms with Crippen molar-refractivity contribution in [3.8, 4) is 34.0 Å². The monoisotopic (exact) mass is 1330 g/mol. The lowest BCUT2D eigenvalue weighted by Crippen LogP contribution is -2.22. The number of fused-ring (bicyclic) bond motifs is 9. The minimum absolute atomic E-state index is 0.0940. The molecule has 0 aliphatic heterocycles. The second-order valence-corrected chi connectivity index (χ2v) is 31.9. The number of para-hydroxylation sites is 3. The number of rotatable bonds is 18. The van der Waals surface area contributed by atoms with Crippen molar-refractivity contribution in [2.45, 2.75) is 65.2 Å². The van der Waals surface area contributed by atoms with Crippen LogP contribution in [-0.4, -0.2) is 58.8 Å². The smallest absolute Gasteiger partial charge is 0.143 e. The molecule has 0 amide bonds. The van der Waals surface area contributed by atoms with Crippen LogP contribution in [0.15, 0.2) is 263 Å². The van der Waals surface area contributed by atoms with Gasteiger partial charge in [0.1, 0.15) is 58.8 Å². The van der Waals surface area contributed by atoms with Gasteiger partial charge in [-0.2, -0.15) is 0 Å². The van der Waals surface area contributed by atoms with Gasteiger partial charge in [-0.1, -0.05) is 123 Å². The van der Waals surface area contributed by atoms with Crippen LogP contribution < -0.4 is 16.0 Å². The van der Waals surface area contributed by atoms with Crippen molar-refractivity contribution in [2.24, 2.45) is 0 Å². The number of aliphatic hydroxyl groups is 1. The second-order valence-electron chi connectivity index (χ2n) is 26.3. The molecule has 17 aromatic rings. The third-order valence-electron chi connectivity index (χ3n) is 18.4. The average molecular weight is 1330 g/mol. The largest absolute Gasteiger partial charge is 0.456 e. The Hall–Kier alpha value is -12.0. The molecule has 0 radical (unpaired) electrons. The van der Waals surface area contributed by atoms with Gasteiger partial charge in [0.25, 0.3) is 0 Å². The quantitative estimate of drug-likeness (QED) is 0.0468. The first kappa shape index (κ1) is 62.8. The third kappa shape index (κ3) is 13.2. The standard InChI is InChI=1S/C31H32N4O2Si.C26H20N4O2.C26H19N3O/c1-38(2,3)15-14-36-21-35-13-11-25-28(10-12-33-31(25)35)34-18-22-8-9-24-19-32-20-27(26(24)16-22)30-17-23-6-4-5-7-29(23)37-30;31-16-30-10-8-20-23(7-9-28-26(20)30)29-13-17-5-6-19-14-27-15-22(21(19)11-17)25-12-18-3-1-2-4-24(18)32-25;1-2-7-25-18(4-1)13-26(30-25)22-16-27-15-19-9-8-17(12-21(19)22)14-29-24-10-11-28-23-6-3-5-20(23)24/h4-13,16-17,19-20H,14-15,18,21H2,1-3H3,(H,33,34);1-12,14-15,31H,13,16H2,(H,28,29);1-5,7-13,15-16H,6,14H2,(H,28,29). The molecule has 11 aromatic heterocycles. The van der Waals surface area contributed by atoms with E-state index in [1.54, 1.807) is 10.8 Å². The molecule has 18 rings (SSSR count). The Balaban J connectivity index is 0.000000118. The highest BCUT2D eigenvalue weighted by molar-refractivity contribution is 6.76. The van der Waals surface area contributed by atoms with Crippen molar-refractivity contribution >= 4 is 119 Å². The van der Waals surface area contributed by atoms with Crippen LogP contribution in [-0.2, 0) is 44.3 Å². The van der Waals surface area contributed by atoms with E-state index in [0.29, 0.717) is 19.8 Å². The van der Waals surface area contributed by atoms with E-state index in [1.807, 2.05) is 135 Å². The highest BCUT2D eigenvalue weighted by atomic mass is 28.3. The fourth-order valence-corrected chi connectivity index (χ4v) is 13.8. The maximum atomic E-state index is 9.48. The number of benzene rings is 6. The molecule has 4 N–H and O–H groups in total. The Morgan fingerprint density at radius 1 is 0.450 bits per heavy atom. The fourth-order valence-electron chi connectivity index (χ4n) is 13.0. The number of hydrogen-bond donors (Lipinski definition) is 4. The van der Waals surface area contributed by atoms with Crippen LogP contribution in [0.3, 0.4) is 0 Å². The number of aliphatic hydroxyl groups excluding tert-OH is 1. The molecular formula is C83H71N11O5Si.